The number of aliphatic hydroxyl groups is 1. The van der Waals surface area contributed by atoms with Crippen LogP contribution in [-0.2, 0) is 17.5 Å². The van der Waals surface area contributed by atoms with Gasteiger partial charge in [0.1, 0.15) is 0 Å². The van der Waals surface area contributed by atoms with Crippen molar-refractivity contribution in [3.8, 4) is 0 Å². The maximum absolute atomic E-state index is 12.6. The summed E-state index contributed by atoms with van der Waals surface area (Å²) in [6.45, 7) is 0.897. The van der Waals surface area contributed by atoms with E-state index in [9.17, 15) is 18.3 Å². The monoisotopic (exact) mass is 409 g/mol. The first-order valence-electron chi connectivity index (χ1n) is 8.75. The highest BCUT2D eigenvalue weighted by molar-refractivity contribution is 8.17. The van der Waals surface area contributed by atoms with Gasteiger partial charge in [0, 0.05) is 17.1 Å². The molecule has 0 radical (unpaired) electrons. The maximum atomic E-state index is 12.6. The van der Waals surface area contributed by atoms with Gasteiger partial charge in [-0.15, -0.1) is 0 Å². The lowest BCUT2D eigenvalue weighted by Crippen LogP contribution is -2.05. The second kappa shape index (κ2) is 11.0. The van der Waals surface area contributed by atoms with E-state index in [1.165, 1.54) is 12.1 Å². The van der Waals surface area contributed by atoms with Crippen molar-refractivity contribution in [1.82, 2.24) is 0 Å². The molecule has 2 aromatic carbocycles. The number of hydrogen-bond donors (Lipinski definition) is 2. The van der Waals surface area contributed by atoms with Crippen LogP contribution in [0.15, 0.2) is 65.6 Å². The van der Waals surface area contributed by atoms with Crippen molar-refractivity contribution in [2.75, 3.05) is 13.2 Å². The molecule has 0 aliphatic carbocycles. The van der Waals surface area contributed by atoms with Gasteiger partial charge >= 0.3 is 6.18 Å². The summed E-state index contributed by atoms with van der Waals surface area (Å²) in [6.07, 6.45) is -1.12. The third-order valence-electron chi connectivity index (χ3n) is 3.84. The SMILES string of the molecule is N=C(S/C(=C/CCCOCc1ccccc1)CO)c1ccc(C(F)(F)F)cc1. The van der Waals surface area contributed by atoms with Gasteiger partial charge in [-0.2, -0.15) is 13.2 Å². The van der Waals surface area contributed by atoms with Crippen LogP contribution < -0.4 is 0 Å². The minimum Gasteiger partial charge on any atom is -0.391 e. The van der Waals surface area contributed by atoms with Crippen molar-refractivity contribution in [2.24, 2.45) is 0 Å². The summed E-state index contributed by atoms with van der Waals surface area (Å²) in [5.41, 5.74) is 0.737. The van der Waals surface area contributed by atoms with Gasteiger partial charge in [0.25, 0.3) is 0 Å². The number of nitrogens with one attached hydrogen (secondary N) is 1. The Balaban J connectivity index is 1.76. The molecule has 0 aromatic heterocycles. The molecule has 3 nitrogen and oxygen atoms in total. The van der Waals surface area contributed by atoms with Gasteiger partial charge in [0.15, 0.2) is 0 Å². The fourth-order valence-corrected chi connectivity index (χ4v) is 3.13. The zero-order valence-corrected chi connectivity index (χ0v) is 16.0. The molecular weight excluding hydrogens is 387 g/mol. The van der Waals surface area contributed by atoms with Gasteiger partial charge in [0.2, 0.25) is 0 Å². The molecule has 0 fully saturated rings. The molecule has 0 aliphatic heterocycles. The number of unbranched alkanes of at least 4 members (excludes halogenated alkanes) is 1. The first-order chi connectivity index (χ1) is 13.4. The summed E-state index contributed by atoms with van der Waals surface area (Å²) in [5.74, 6) is 0. The number of halogens is 3. The van der Waals surface area contributed by atoms with E-state index in [4.69, 9.17) is 10.1 Å². The Morgan fingerprint density at radius 3 is 2.36 bits per heavy atom. The van der Waals surface area contributed by atoms with Crippen LogP contribution in [0.2, 0.25) is 0 Å². The molecule has 2 rings (SSSR count). The number of alkyl halides is 3. The zero-order valence-electron chi connectivity index (χ0n) is 15.2. The lowest BCUT2D eigenvalue weighted by molar-refractivity contribution is -0.137. The molecule has 7 heteroatoms. The van der Waals surface area contributed by atoms with E-state index in [0.29, 0.717) is 30.1 Å². The summed E-state index contributed by atoms with van der Waals surface area (Å²) in [6, 6.07) is 14.3. The number of hydrogen-bond acceptors (Lipinski definition) is 4. The highest BCUT2D eigenvalue weighted by Crippen LogP contribution is 2.30. The highest BCUT2D eigenvalue weighted by atomic mass is 32.2. The third kappa shape index (κ3) is 7.50. The molecule has 0 unspecified atom stereocenters. The number of ether oxygens (including phenoxy) is 1. The molecule has 0 amide bonds. The Morgan fingerprint density at radius 2 is 1.75 bits per heavy atom. The minimum absolute atomic E-state index is 0.0920. The van der Waals surface area contributed by atoms with Crippen molar-refractivity contribution in [1.29, 1.82) is 5.41 Å². The number of allylic oxidation sites excluding steroid dienone is 1. The number of rotatable bonds is 9. The molecule has 28 heavy (non-hydrogen) atoms. The maximum Gasteiger partial charge on any atom is 0.416 e. The number of aliphatic hydroxyl groups excluding tert-OH is 1. The van der Waals surface area contributed by atoms with Crippen LogP contribution in [0.4, 0.5) is 13.2 Å². The summed E-state index contributed by atoms with van der Waals surface area (Å²) in [5, 5.41) is 17.6. The summed E-state index contributed by atoms with van der Waals surface area (Å²) >= 11 is 1.04. The molecule has 0 heterocycles. The van der Waals surface area contributed by atoms with Gasteiger partial charge in [-0.3, -0.25) is 5.41 Å². The molecule has 0 spiro atoms. The average Bonchev–Trinajstić information content (AvgIpc) is 2.69. The van der Waals surface area contributed by atoms with Crippen LogP contribution in [0.3, 0.4) is 0 Å². The van der Waals surface area contributed by atoms with E-state index in [-0.39, 0.29) is 11.7 Å². The largest absolute Gasteiger partial charge is 0.416 e. The quantitative estimate of drug-likeness (QED) is 0.320. The predicted molar refractivity (Wildman–Crippen MR) is 106 cm³/mol. The van der Waals surface area contributed by atoms with E-state index in [2.05, 4.69) is 0 Å². The van der Waals surface area contributed by atoms with E-state index in [1.54, 1.807) is 0 Å². The van der Waals surface area contributed by atoms with E-state index in [0.717, 1.165) is 35.9 Å². The van der Waals surface area contributed by atoms with Crippen molar-refractivity contribution < 1.29 is 23.0 Å². The Labute approximate surface area is 166 Å². The Kier molecular flexibility index (Phi) is 8.76. The van der Waals surface area contributed by atoms with E-state index < -0.39 is 11.7 Å². The molecule has 0 aliphatic rings. The Morgan fingerprint density at radius 1 is 1.07 bits per heavy atom. The lowest BCUT2D eigenvalue weighted by Gasteiger charge is -2.09. The second-order valence-electron chi connectivity index (χ2n) is 6.02. The van der Waals surface area contributed by atoms with Crippen LogP contribution in [-0.4, -0.2) is 23.4 Å². The molecule has 150 valence electrons. The Hall–Kier alpha value is -2.09. The van der Waals surface area contributed by atoms with Crippen LogP contribution in [0, 0.1) is 5.41 Å². The van der Waals surface area contributed by atoms with Crippen LogP contribution >= 0.6 is 11.8 Å². The van der Waals surface area contributed by atoms with Gasteiger partial charge in [-0.25, -0.2) is 0 Å². The van der Waals surface area contributed by atoms with Crippen molar-refractivity contribution in [2.45, 2.75) is 25.6 Å². The third-order valence-corrected chi connectivity index (χ3v) is 4.84. The molecule has 0 bridgehead atoms. The van der Waals surface area contributed by atoms with Crippen LogP contribution in [0.5, 0.6) is 0 Å². The zero-order chi connectivity index (χ0) is 20.4. The van der Waals surface area contributed by atoms with Gasteiger partial charge in [-0.1, -0.05) is 60.3 Å². The molecule has 0 saturated carbocycles. The number of thioether (sulfide) groups is 1. The average molecular weight is 409 g/mol. The van der Waals surface area contributed by atoms with Crippen molar-refractivity contribution >= 4 is 16.8 Å². The summed E-state index contributed by atoms with van der Waals surface area (Å²) in [7, 11) is 0. The smallest absolute Gasteiger partial charge is 0.391 e. The number of benzene rings is 2. The first-order valence-corrected chi connectivity index (χ1v) is 9.57. The van der Waals surface area contributed by atoms with E-state index >= 15 is 0 Å². The van der Waals surface area contributed by atoms with Crippen LogP contribution in [0.25, 0.3) is 0 Å². The van der Waals surface area contributed by atoms with E-state index in [1.807, 2.05) is 36.4 Å². The fourth-order valence-electron chi connectivity index (χ4n) is 2.35. The lowest BCUT2D eigenvalue weighted by atomic mass is 10.1. The first kappa shape index (κ1) is 22.2. The van der Waals surface area contributed by atoms with Crippen molar-refractivity contribution in [3.63, 3.8) is 0 Å². The molecule has 0 saturated heterocycles. The normalized spacial score (nSPS) is 12.2. The van der Waals surface area contributed by atoms with Crippen LogP contribution in [0.1, 0.15) is 29.5 Å². The summed E-state index contributed by atoms with van der Waals surface area (Å²) in [4.78, 5) is 0.591. The van der Waals surface area contributed by atoms with Crippen molar-refractivity contribution in [3.05, 3.63) is 82.3 Å². The highest BCUT2D eigenvalue weighted by Gasteiger charge is 2.30. The van der Waals surface area contributed by atoms with Gasteiger partial charge in [-0.05, 0) is 30.5 Å². The molecule has 2 N–H and O–H groups in total. The molecule has 2 aromatic rings. The summed E-state index contributed by atoms with van der Waals surface area (Å²) < 4.78 is 43.4. The molecular formula is C21H22F3NO2S. The van der Waals surface area contributed by atoms with Gasteiger partial charge in [0.05, 0.1) is 23.8 Å². The minimum atomic E-state index is -4.40. The van der Waals surface area contributed by atoms with Gasteiger partial charge < -0.3 is 9.84 Å². The topological polar surface area (TPSA) is 53.3 Å². The Bertz CT molecular complexity index is 774. The second-order valence-corrected chi connectivity index (χ2v) is 7.15. The fraction of sp³-hybridized carbons (Fsp3) is 0.286. The molecule has 0 atom stereocenters. The standard InChI is InChI=1S/C21H22F3NO2S/c22-21(23,24)18-11-9-17(10-12-18)20(25)28-19(14-26)8-4-5-13-27-15-16-6-2-1-3-7-16/h1-3,6-12,25-26H,4-5,13-15H2/b19-8+,25-20?. The predicted octanol–water partition coefficient (Wildman–Crippen LogP) is 5.64.